The number of rotatable bonds is 4. The zero-order valence-electron chi connectivity index (χ0n) is 14.3. The van der Waals surface area contributed by atoms with Gasteiger partial charge in [0, 0.05) is 23.3 Å². The Kier molecular flexibility index (Phi) is 4.49. The Morgan fingerprint density at radius 2 is 1.85 bits per heavy atom. The maximum absolute atomic E-state index is 13.4. The highest BCUT2D eigenvalue weighted by atomic mass is 79.9. The predicted molar refractivity (Wildman–Crippen MR) is 108 cm³/mol. The second-order valence-electron chi connectivity index (χ2n) is 5.90. The summed E-state index contributed by atoms with van der Waals surface area (Å²) in [5.74, 6) is 0.587. The van der Waals surface area contributed by atoms with Crippen LogP contribution in [0.5, 0.6) is 5.75 Å². The minimum absolute atomic E-state index is 0.207. The molecule has 27 heavy (non-hydrogen) atoms. The Labute approximate surface area is 165 Å². The number of H-pyrrole nitrogens is 1. The van der Waals surface area contributed by atoms with Gasteiger partial charge in [0.15, 0.2) is 0 Å². The fraction of sp³-hybridized carbons (Fsp3) is 0.0500. The van der Waals surface area contributed by atoms with Gasteiger partial charge in [-0.1, -0.05) is 18.2 Å². The van der Waals surface area contributed by atoms with Crippen molar-refractivity contribution in [3.63, 3.8) is 0 Å². The first-order valence-electron chi connectivity index (χ1n) is 8.13. The Bertz CT molecular complexity index is 1220. The van der Waals surface area contributed by atoms with E-state index < -0.39 is 9.84 Å². The summed E-state index contributed by atoms with van der Waals surface area (Å²) in [5.41, 5.74) is 1.89. The largest absolute Gasteiger partial charge is 0.495 e. The summed E-state index contributed by atoms with van der Waals surface area (Å²) in [5, 5.41) is 0.533. The Balaban J connectivity index is 2.09. The number of nitrogens with zero attached hydrogens (tertiary/aromatic N) is 1. The molecule has 0 fully saturated rings. The van der Waals surface area contributed by atoms with Crippen molar-refractivity contribution < 1.29 is 13.2 Å². The highest BCUT2D eigenvalue weighted by molar-refractivity contribution is 9.10. The molecule has 5 nitrogen and oxygen atoms in total. The first-order valence-corrected chi connectivity index (χ1v) is 10.4. The van der Waals surface area contributed by atoms with E-state index in [1.165, 1.54) is 0 Å². The van der Waals surface area contributed by atoms with Gasteiger partial charge in [-0.05, 0) is 52.3 Å². The molecule has 4 aromatic rings. The van der Waals surface area contributed by atoms with Crippen LogP contribution in [0.1, 0.15) is 0 Å². The number of sulfone groups is 1. The van der Waals surface area contributed by atoms with Gasteiger partial charge in [0.1, 0.15) is 5.75 Å². The van der Waals surface area contributed by atoms with Crippen LogP contribution in [0.4, 0.5) is 0 Å². The summed E-state index contributed by atoms with van der Waals surface area (Å²) in [6, 6.07) is 15.3. The molecule has 0 aliphatic rings. The van der Waals surface area contributed by atoms with Crippen molar-refractivity contribution in [2.45, 2.75) is 9.79 Å². The van der Waals surface area contributed by atoms with Gasteiger partial charge < -0.3 is 9.72 Å². The van der Waals surface area contributed by atoms with Crippen molar-refractivity contribution in [3.05, 3.63) is 71.5 Å². The number of pyridine rings is 1. The lowest BCUT2D eigenvalue weighted by atomic mass is 10.1. The summed E-state index contributed by atoms with van der Waals surface area (Å²) < 4.78 is 32.7. The van der Waals surface area contributed by atoms with E-state index in [1.807, 2.05) is 6.07 Å². The molecule has 2 heterocycles. The number of fused-ring (bicyclic) bond motifs is 1. The summed E-state index contributed by atoms with van der Waals surface area (Å²) >= 11 is 3.51. The van der Waals surface area contributed by atoms with Crippen LogP contribution in [-0.2, 0) is 9.84 Å². The fourth-order valence-corrected chi connectivity index (χ4v) is 5.03. The van der Waals surface area contributed by atoms with E-state index in [0.717, 1.165) is 5.56 Å². The van der Waals surface area contributed by atoms with Crippen LogP contribution in [-0.4, -0.2) is 25.5 Å². The van der Waals surface area contributed by atoms with Gasteiger partial charge in [-0.3, -0.25) is 0 Å². The van der Waals surface area contributed by atoms with Crippen molar-refractivity contribution in [3.8, 4) is 17.0 Å². The topological polar surface area (TPSA) is 72.1 Å². The molecule has 0 atom stereocenters. The van der Waals surface area contributed by atoms with Crippen LogP contribution in [0.15, 0.2) is 81.3 Å². The molecule has 1 N–H and O–H groups in total. The SMILES string of the molecule is COc1ccc2c(S(=O)(=O)c3ccccc3)cc(-c3cc[nH]c3)nc2c1Br. The molecule has 0 radical (unpaired) electrons. The third-order valence-electron chi connectivity index (χ3n) is 4.30. The van der Waals surface area contributed by atoms with Crippen molar-refractivity contribution in [1.82, 2.24) is 9.97 Å². The second kappa shape index (κ2) is 6.83. The molecule has 0 bridgehead atoms. The lowest BCUT2D eigenvalue weighted by Crippen LogP contribution is -2.04. The Hall–Kier alpha value is -2.64. The zero-order chi connectivity index (χ0) is 19.0. The van der Waals surface area contributed by atoms with Crippen molar-refractivity contribution in [2.75, 3.05) is 7.11 Å². The lowest BCUT2D eigenvalue weighted by Gasteiger charge is -2.13. The monoisotopic (exact) mass is 442 g/mol. The van der Waals surface area contributed by atoms with Crippen LogP contribution in [0, 0.1) is 0 Å². The van der Waals surface area contributed by atoms with Gasteiger partial charge in [-0.25, -0.2) is 13.4 Å². The molecule has 0 unspecified atom stereocenters. The third-order valence-corrected chi connectivity index (χ3v) is 6.88. The highest BCUT2D eigenvalue weighted by Crippen LogP contribution is 2.38. The smallest absolute Gasteiger partial charge is 0.207 e. The molecule has 0 saturated carbocycles. The first-order chi connectivity index (χ1) is 13.0. The van der Waals surface area contributed by atoms with E-state index in [-0.39, 0.29) is 9.79 Å². The van der Waals surface area contributed by atoms with E-state index in [9.17, 15) is 8.42 Å². The molecular weight excluding hydrogens is 428 g/mol. The minimum Gasteiger partial charge on any atom is -0.495 e. The number of aromatic amines is 1. The molecule has 2 aromatic carbocycles. The molecule has 0 saturated heterocycles. The third kappa shape index (κ3) is 3.02. The average molecular weight is 443 g/mol. The molecule has 4 rings (SSSR count). The fourth-order valence-electron chi connectivity index (χ4n) is 2.95. The van der Waals surface area contributed by atoms with Gasteiger partial charge in [0.25, 0.3) is 0 Å². The van der Waals surface area contributed by atoms with E-state index in [2.05, 4.69) is 25.9 Å². The van der Waals surface area contributed by atoms with Crippen molar-refractivity contribution in [1.29, 1.82) is 0 Å². The number of ether oxygens (including phenoxy) is 1. The molecule has 0 aliphatic heterocycles. The number of aromatic nitrogens is 2. The number of benzene rings is 2. The molecule has 2 aromatic heterocycles. The minimum atomic E-state index is -3.73. The number of methoxy groups -OCH3 is 1. The van der Waals surface area contributed by atoms with Crippen LogP contribution in [0.2, 0.25) is 0 Å². The molecule has 0 aliphatic carbocycles. The maximum Gasteiger partial charge on any atom is 0.207 e. The Morgan fingerprint density at radius 3 is 2.52 bits per heavy atom. The average Bonchev–Trinajstić information content (AvgIpc) is 3.23. The maximum atomic E-state index is 13.4. The van der Waals surface area contributed by atoms with E-state index in [1.54, 1.807) is 68.0 Å². The summed E-state index contributed by atoms with van der Waals surface area (Å²) in [7, 11) is -2.17. The van der Waals surface area contributed by atoms with Crippen molar-refractivity contribution >= 4 is 36.7 Å². The number of hydrogen-bond donors (Lipinski definition) is 1. The van der Waals surface area contributed by atoms with Crippen LogP contribution in [0.3, 0.4) is 0 Å². The summed E-state index contributed by atoms with van der Waals surface area (Å²) in [6.07, 6.45) is 3.55. The van der Waals surface area contributed by atoms with E-state index in [0.29, 0.717) is 26.8 Å². The standard InChI is InChI=1S/C20H15BrN2O3S/c1-26-17-8-7-15-18(27(24,25)14-5-3-2-4-6-14)11-16(13-9-10-22-12-13)23-20(15)19(17)21/h2-12,22H,1H3. The van der Waals surface area contributed by atoms with Gasteiger partial charge in [-0.2, -0.15) is 0 Å². The zero-order valence-corrected chi connectivity index (χ0v) is 16.7. The molecule has 136 valence electrons. The molecule has 0 spiro atoms. The first kappa shape index (κ1) is 17.8. The second-order valence-corrected chi connectivity index (χ2v) is 8.61. The van der Waals surface area contributed by atoms with Gasteiger partial charge >= 0.3 is 0 Å². The van der Waals surface area contributed by atoms with E-state index >= 15 is 0 Å². The van der Waals surface area contributed by atoms with Crippen LogP contribution >= 0.6 is 15.9 Å². The molecular formula is C20H15BrN2O3S. The van der Waals surface area contributed by atoms with Crippen LogP contribution in [0.25, 0.3) is 22.2 Å². The van der Waals surface area contributed by atoms with Crippen molar-refractivity contribution in [2.24, 2.45) is 0 Å². The normalized spacial score (nSPS) is 11.6. The predicted octanol–water partition coefficient (Wildman–Crippen LogP) is 4.83. The molecule has 7 heteroatoms. The van der Waals surface area contributed by atoms with E-state index in [4.69, 9.17) is 4.74 Å². The Morgan fingerprint density at radius 1 is 1.07 bits per heavy atom. The van der Waals surface area contributed by atoms with Crippen LogP contribution < -0.4 is 4.74 Å². The highest BCUT2D eigenvalue weighted by Gasteiger charge is 2.24. The number of hydrogen-bond acceptors (Lipinski definition) is 4. The summed E-state index contributed by atoms with van der Waals surface area (Å²) in [6.45, 7) is 0. The summed E-state index contributed by atoms with van der Waals surface area (Å²) in [4.78, 5) is 8.11. The van der Waals surface area contributed by atoms with Gasteiger partial charge in [0.2, 0.25) is 9.84 Å². The van der Waals surface area contributed by atoms with Gasteiger partial charge in [-0.15, -0.1) is 0 Å². The quantitative estimate of drug-likeness (QED) is 0.490. The number of halogens is 1. The van der Waals surface area contributed by atoms with Gasteiger partial charge in [0.05, 0.1) is 32.6 Å². The lowest BCUT2D eigenvalue weighted by molar-refractivity contribution is 0.413. The molecule has 0 amide bonds. The number of nitrogens with one attached hydrogen (secondary N) is 1.